The second-order valence-electron chi connectivity index (χ2n) is 4.47. The molecule has 0 fully saturated rings. The van der Waals surface area contributed by atoms with E-state index in [-0.39, 0.29) is 5.82 Å². The summed E-state index contributed by atoms with van der Waals surface area (Å²) in [6.45, 7) is 4.71. The first-order chi connectivity index (χ1) is 8.65. The van der Waals surface area contributed by atoms with Gasteiger partial charge in [-0.25, -0.2) is 14.4 Å². The molecule has 1 heterocycles. The molecule has 0 bridgehead atoms. The van der Waals surface area contributed by atoms with E-state index in [0.29, 0.717) is 12.5 Å². The van der Waals surface area contributed by atoms with E-state index in [2.05, 4.69) is 29.1 Å². The lowest BCUT2D eigenvalue weighted by Gasteiger charge is -2.08. The Bertz CT molecular complexity index is 526. The molecule has 4 heteroatoms. The van der Waals surface area contributed by atoms with Gasteiger partial charge in [0.2, 0.25) is 0 Å². The van der Waals surface area contributed by atoms with E-state index in [1.807, 2.05) is 12.1 Å². The number of halogens is 1. The Kier molecular flexibility index (Phi) is 3.87. The van der Waals surface area contributed by atoms with Crippen molar-refractivity contribution in [3.63, 3.8) is 0 Å². The first-order valence-electron chi connectivity index (χ1n) is 5.95. The van der Waals surface area contributed by atoms with Crippen LogP contribution in [0.3, 0.4) is 0 Å². The van der Waals surface area contributed by atoms with E-state index in [0.717, 1.165) is 17.1 Å². The van der Waals surface area contributed by atoms with Crippen molar-refractivity contribution >= 4 is 5.82 Å². The number of nitrogens with one attached hydrogen (secondary N) is 1. The predicted molar refractivity (Wildman–Crippen MR) is 69.8 cm³/mol. The van der Waals surface area contributed by atoms with E-state index in [1.165, 1.54) is 12.1 Å². The Morgan fingerprint density at radius 1 is 1.22 bits per heavy atom. The van der Waals surface area contributed by atoms with Gasteiger partial charge in [-0.15, -0.1) is 0 Å². The summed E-state index contributed by atoms with van der Waals surface area (Å²) in [5.41, 5.74) is 1.88. The van der Waals surface area contributed by atoms with Crippen molar-refractivity contribution in [3.8, 4) is 0 Å². The molecule has 0 radical (unpaired) electrons. The predicted octanol–water partition coefficient (Wildman–Crippen LogP) is 3.35. The van der Waals surface area contributed by atoms with Crippen molar-refractivity contribution in [2.24, 2.45) is 0 Å². The molecule has 0 saturated heterocycles. The van der Waals surface area contributed by atoms with E-state index >= 15 is 0 Å². The molecule has 2 rings (SSSR count). The number of aromatic nitrogens is 2. The standard InChI is InChI=1S/C14H16FN3/c1-10(2)13-7-14(18-9-17-13)16-8-11-4-3-5-12(15)6-11/h3-7,9-10H,8H2,1-2H3,(H,16,17,18). The zero-order valence-electron chi connectivity index (χ0n) is 10.5. The number of nitrogens with zero attached hydrogens (tertiary/aromatic N) is 2. The third kappa shape index (κ3) is 3.26. The first kappa shape index (κ1) is 12.5. The van der Waals surface area contributed by atoms with Gasteiger partial charge in [0.1, 0.15) is 18.0 Å². The van der Waals surface area contributed by atoms with Gasteiger partial charge in [0, 0.05) is 18.3 Å². The Balaban J connectivity index is 2.04. The van der Waals surface area contributed by atoms with Crippen molar-refractivity contribution in [2.75, 3.05) is 5.32 Å². The summed E-state index contributed by atoms with van der Waals surface area (Å²) in [6.07, 6.45) is 1.54. The molecule has 0 amide bonds. The molecule has 1 aromatic heterocycles. The van der Waals surface area contributed by atoms with Crippen LogP contribution in [0.5, 0.6) is 0 Å². The monoisotopic (exact) mass is 245 g/mol. The lowest BCUT2D eigenvalue weighted by molar-refractivity contribution is 0.626. The highest BCUT2D eigenvalue weighted by molar-refractivity contribution is 5.36. The normalized spacial score (nSPS) is 10.7. The summed E-state index contributed by atoms with van der Waals surface area (Å²) < 4.78 is 13.0. The molecule has 0 unspecified atom stereocenters. The summed E-state index contributed by atoms with van der Waals surface area (Å²) in [5.74, 6) is 0.903. The molecule has 18 heavy (non-hydrogen) atoms. The van der Waals surface area contributed by atoms with Crippen molar-refractivity contribution in [1.29, 1.82) is 0 Å². The lowest BCUT2D eigenvalue weighted by atomic mass is 10.1. The maximum Gasteiger partial charge on any atom is 0.129 e. The van der Waals surface area contributed by atoms with Crippen LogP contribution in [0, 0.1) is 5.82 Å². The molecule has 94 valence electrons. The highest BCUT2D eigenvalue weighted by atomic mass is 19.1. The van der Waals surface area contributed by atoms with Gasteiger partial charge in [-0.3, -0.25) is 0 Å². The SMILES string of the molecule is CC(C)c1cc(NCc2cccc(F)c2)ncn1. The molecule has 0 spiro atoms. The fourth-order valence-corrected chi connectivity index (χ4v) is 1.62. The number of benzene rings is 1. The number of hydrogen-bond donors (Lipinski definition) is 1. The number of hydrogen-bond acceptors (Lipinski definition) is 3. The summed E-state index contributed by atoms with van der Waals surface area (Å²) in [7, 11) is 0. The maximum atomic E-state index is 13.0. The van der Waals surface area contributed by atoms with Crippen molar-refractivity contribution in [1.82, 2.24) is 9.97 Å². The van der Waals surface area contributed by atoms with Crippen LogP contribution in [-0.2, 0) is 6.54 Å². The van der Waals surface area contributed by atoms with E-state index < -0.39 is 0 Å². The smallest absolute Gasteiger partial charge is 0.129 e. The Morgan fingerprint density at radius 2 is 2.06 bits per heavy atom. The second kappa shape index (κ2) is 5.58. The third-order valence-electron chi connectivity index (χ3n) is 2.64. The maximum absolute atomic E-state index is 13.0. The summed E-state index contributed by atoms with van der Waals surface area (Å²) in [6, 6.07) is 8.44. The van der Waals surface area contributed by atoms with Crippen LogP contribution in [0.15, 0.2) is 36.7 Å². The molecule has 2 aromatic rings. The molecule has 1 aromatic carbocycles. The van der Waals surface area contributed by atoms with Gasteiger partial charge in [0.05, 0.1) is 0 Å². The zero-order valence-corrected chi connectivity index (χ0v) is 10.5. The fourth-order valence-electron chi connectivity index (χ4n) is 1.62. The van der Waals surface area contributed by atoms with Crippen LogP contribution in [0.1, 0.15) is 31.0 Å². The molecule has 0 saturated carbocycles. The van der Waals surface area contributed by atoms with Crippen molar-refractivity contribution < 1.29 is 4.39 Å². The van der Waals surface area contributed by atoms with E-state index in [4.69, 9.17) is 0 Å². The number of rotatable bonds is 4. The minimum atomic E-state index is -0.222. The van der Waals surface area contributed by atoms with Crippen LogP contribution < -0.4 is 5.32 Å². The van der Waals surface area contributed by atoms with Crippen molar-refractivity contribution in [2.45, 2.75) is 26.3 Å². The Morgan fingerprint density at radius 3 is 2.78 bits per heavy atom. The highest BCUT2D eigenvalue weighted by Gasteiger charge is 2.03. The largest absolute Gasteiger partial charge is 0.366 e. The summed E-state index contributed by atoms with van der Waals surface area (Å²) >= 11 is 0. The molecule has 0 aliphatic carbocycles. The summed E-state index contributed by atoms with van der Waals surface area (Å²) in [4.78, 5) is 8.34. The van der Waals surface area contributed by atoms with Gasteiger partial charge in [-0.1, -0.05) is 26.0 Å². The van der Waals surface area contributed by atoms with Gasteiger partial charge in [0.15, 0.2) is 0 Å². The van der Waals surface area contributed by atoms with Crippen LogP contribution in [0.4, 0.5) is 10.2 Å². The second-order valence-corrected chi connectivity index (χ2v) is 4.47. The van der Waals surface area contributed by atoms with E-state index in [9.17, 15) is 4.39 Å². The van der Waals surface area contributed by atoms with Crippen molar-refractivity contribution in [3.05, 3.63) is 53.7 Å². The lowest BCUT2D eigenvalue weighted by Crippen LogP contribution is -2.03. The van der Waals surface area contributed by atoms with Gasteiger partial charge < -0.3 is 5.32 Å². The van der Waals surface area contributed by atoms with Crippen LogP contribution >= 0.6 is 0 Å². The van der Waals surface area contributed by atoms with Gasteiger partial charge in [-0.05, 0) is 23.6 Å². The van der Waals surface area contributed by atoms with Gasteiger partial charge in [0.25, 0.3) is 0 Å². The van der Waals surface area contributed by atoms with Gasteiger partial charge in [-0.2, -0.15) is 0 Å². The average Bonchev–Trinajstić information content (AvgIpc) is 2.37. The highest BCUT2D eigenvalue weighted by Crippen LogP contribution is 2.14. The fraction of sp³-hybridized carbons (Fsp3) is 0.286. The average molecular weight is 245 g/mol. The topological polar surface area (TPSA) is 37.8 Å². The molecule has 1 N–H and O–H groups in total. The van der Waals surface area contributed by atoms with Gasteiger partial charge >= 0.3 is 0 Å². The number of anilines is 1. The van der Waals surface area contributed by atoms with Crippen LogP contribution in [0.2, 0.25) is 0 Å². The third-order valence-corrected chi connectivity index (χ3v) is 2.64. The molecule has 0 aliphatic rings. The molecular formula is C14H16FN3. The Hall–Kier alpha value is -1.97. The summed E-state index contributed by atoms with van der Waals surface area (Å²) in [5, 5.41) is 3.17. The van der Waals surface area contributed by atoms with E-state index in [1.54, 1.807) is 12.4 Å². The minimum absolute atomic E-state index is 0.222. The molecule has 0 atom stereocenters. The molecular weight excluding hydrogens is 229 g/mol. The first-order valence-corrected chi connectivity index (χ1v) is 5.95. The molecule has 3 nitrogen and oxygen atoms in total. The van der Waals surface area contributed by atoms with Crippen LogP contribution in [-0.4, -0.2) is 9.97 Å². The van der Waals surface area contributed by atoms with Crippen LogP contribution in [0.25, 0.3) is 0 Å². The Labute approximate surface area is 106 Å². The zero-order chi connectivity index (χ0) is 13.0. The molecule has 0 aliphatic heterocycles. The minimum Gasteiger partial charge on any atom is -0.366 e. The quantitative estimate of drug-likeness (QED) is 0.897.